The molecule has 254 valence electrons. The number of hydrogen-bond acceptors (Lipinski definition) is 2. The highest BCUT2D eigenvalue weighted by molar-refractivity contribution is 6.08. The molecular formula is C52H36N2. The lowest BCUT2D eigenvalue weighted by Crippen LogP contribution is -2.40. The summed E-state index contributed by atoms with van der Waals surface area (Å²) in [7, 11) is 0. The van der Waals surface area contributed by atoms with Crippen molar-refractivity contribution in [3.63, 3.8) is 0 Å². The second kappa shape index (κ2) is 11.4. The molecule has 2 aliphatic carbocycles. The van der Waals surface area contributed by atoms with E-state index in [4.69, 9.17) is 9.97 Å². The molecule has 0 bridgehead atoms. The van der Waals surface area contributed by atoms with Crippen LogP contribution >= 0.6 is 0 Å². The Morgan fingerprint density at radius 1 is 0.370 bits per heavy atom. The van der Waals surface area contributed by atoms with E-state index in [-0.39, 0.29) is 5.41 Å². The Labute approximate surface area is 315 Å². The molecule has 0 saturated heterocycles. The van der Waals surface area contributed by atoms with Crippen molar-refractivity contribution in [3.05, 3.63) is 215 Å². The minimum absolute atomic E-state index is 0.147. The highest BCUT2D eigenvalue weighted by Gasteiger charge is 2.53. The van der Waals surface area contributed by atoms with E-state index in [9.17, 15) is 0 Å². The lowest BCUT2D eigenvalue weighted by molar-refractivity contribution is 0.563. The highest BCUT2D eigenvalue weighted by atomic mass is 14.9. The van der Waals surface area contributed by atoms with E-state index < -0.39 is 5.41 Å². The summed E-state index contributed by atoms with van der Waals surface area (Å²) in [6.45, 7) is 4.75. The molecule has 0 radical (unpaired) electrons. The van der Waals surface area contributed by atoms with Crippen molar-refractivity contribution in [2.24, 2.45) is 0 Å². The van der Waals surface area contributed by atoms with Crippen LogP contribution < -0.4 is 0 Å². The lowest BCUT2D eigenvalue weighted by atomic mass is 9.55. The van der Waals surface area contributed by atoms with E-state index in [1.54, 1.807) is 0 Å². The van der Waals surface area contributed by atoms with Gasteiger partial charge < -0.3 is 0 Å². The van der Waals surface area contributed by atoms with E-state index in [1.165, 1.54) is 66.1 Å². The van der Waals surface area contributed by atoms with Crippen LogP contribution in [0.2, 0.25) is 0 Å². The van der Waals surface area contributed by atoms with E-state index >= 15 is 0 Å². The van der Waals surface area contributed by atoms with Gasteiger partial charge in [-0.05, 0) is 78.2 Å². The molecule has 54 heavy (non-hydrogen) atoms. The summed E-state index contributed by atoms with van der Waals surface area (Å²) in [6, 6.07) is 66.5. The third kappa shape index (κ3) is 4.22. The van der Waals surface area contributed by atoms with Crippen molar-refractivity contribution in [1.82, 2.24) is 9.97 Å². The summed E-state index contributed by atoms with van der Waals surface area (Å²) in [4.78, 5) is 10.6. The predicted octanol–water partition coefficient (Wildman–Crippen LogP) is 12.8. The number of fused-ring (bicyclic) bond motifs is 12. The average molecular weight is 689 g/mol. The van der Waals surface area contributed by atoms with Gasteiger partial charge in [-0.15, -0.1) is 0 Å². The highest BCUT2D eigenvalue weighted by Crippen LogP contribution is 2.63. The fraction of sp³-hybridized carbons (Fsp3) is 0.0769. The molecule has 1 heterocycles. The van der Waals surface area contributed by atoms with Crippen molar-refractivity contribution in [2.45, 2.75) is 24.7 Å². The largest absolute Gasteiger partial charge is 0.228 e. The van der Waals surface area contributed by atoms with Gasteiger partial charge in [-0.25, -0.2) is 9.97 Å². The number of rotatable bonds is 3. The zero-order valence-corrected chi connectivity index (χ0v) is 30.2. The molecule has 0 unspecified atom stereocenters. The van der Waals surface area contributed by atoms with E-state index in [1.807, 2.05) is 6.07 Å². The molecule has 0 aliphatic heterocycles. The Balaban J connectivity index is 1.19. The van der Waals surface area contributed by atoms with Gasteiger partial charge in [0, 0.05) is 22.1 Å². The maximum absolute atomic E-state index is 5.39. The molecule has 0 atom stereocenters. The third-order valence-electron chi connectivity index (χ3n) is 12.2. The van der Waals surface area contributed by atoms with Crippen LogP contribution in [0.1, 0.15) is 47.2 Å². The number of hydrogen-bond donors (Lipinski definition) is 0. The van der Waals surface area contributed by atoms with Crippen molar-refractivity contribution in [2.75, 3.05) is 0 Å². The van der Waals surface area contributed by atoms with Crippen molar-refractivity contribution < 1.29 is 0 Å². The molecule has 2 aliphatic rings. The third-order valence-corrected chi connectivity index (χ3v) is 12.2. The molecule has 9 aromatic rings. The Bertz CT molecular complexity index is 2920. The second-order valence-electron chi connectivity index (χ2n) is 15.3. The summed E-state index contributed by atoms with van der Waals surface area (Å²) >= 11 is 0. The van der Waals surface area contributed by atoms with Crippen LogP contribution in [-0.4, -0.2) is 9.97 Å². The van der Waals surface area contributed by atoms with E-state index in [2.05, 4.69) is 190 Å². The summed E-state index contributed by atoms with van der Waals surface area (Å²) in [6.07, 6.45) is 0. The summed E-state index contributed by atoms with van der Waals surface area (Å²) in [5.74, 6) is 0.718. The van der Waals surface area contributed by atoms with Gasteiger partial charge in [0.25, 0.3) is 0 Å². The van der Waals surface area contributed by atoms with Gasteiger partial charge in [0.1, 0.15) is 0 Å². The number of benzene rings is 8. The van der Waals surface area contributed by atoms with Gasteiger partial charge in [-0.2, -0.15) is 0 Å². The van der Waals surface area contributed by atoms with E-state index in [0.29, 0.717) is 0 Å². The van der Waals surface area contributed by atoms with Crippen LogP contribution in [0.5, 0.6) is 0 Å². The predicted molar refractivity (Wildman–Crippen MR) is 223 cm³/mol. The standard InChI is InChI=1S/C52H36N2/c1-51(2)42-22-10-12-24-44(42)52(45-25-13-11-23-43(45)51)41-21-9-8-19-39(41)49-40(20-14-26-46(49)52)48-32-47(53-50(54-48)34-16-4-3-5-17-34)36-29-30-38-35(31-36)28-27-33-15-6-7-18-37(33)38/h3-32H,1-2H3. The molecule has 0 fully saturated rings. The molecule has 1 spiro atoms. The molecule has 0 saturated carbocycles. The number of nitrogens with zero attached hydrogens (tertiary/aromatic N) is 2. The second-order valence-corrected chi connectivity index (χ2v) is 15.3. The quantitative estimate of drug-likeness (QED) is 0.173. The van der Waals surface area contributed by atoms with Crippen LogP contribution in [0.3, 0.4) is 0 Å². The zero-order chi connectivity index (χ0) is 36.0. The first-order valence-electron chi connectivity index (χ1n) is 18.8. The summed E-state index contributed by atoms with van der Waals surface area (Å²) < 4.78 is 0. The van der Waals surface area contributed by atoms with Crippen LogP contribution in [0.4, 0.5) is 0 Å². The normalized spacial score (nSPS) is 14.4. The summed E-state index contributed by atoms with van der Waals surface area (Å²) in [5.41, 5.74) is 15.0. The average Bonchev–Trinajstić information content (AvgIpc) is 3.54. The molecule has 1 aromatic heterocycles. The maximum Gasteiger partial charge on any atom is 0.160 e. The topological polar surface area (TPSA) is 25.8 Å². The monoisotopic (exact) mass is 688 g/mol. The first-order valence-corrected chi connectivity index (χ1v) is 18.8. The molecule has 8 aromatic carbocycles. The Kier molecular flexibility index (Phi) is 6.55. The Morgan fingerprint density at radius 3 is 1.72 bits per heavy atom. The molecule has 2 heteroatoms. The fourth-order valence-electron chi connectivity index (χ4n) is 9.74. The van der Waals surface area contributed by atoms with Gasteiger partial charge in [-0.1, -0.05) is 184 Å². The van der Waals surface area contributed by atoms with Crippen molar-refractivity contribution in [1.29, 1.82) is 0 Å². The Hall–Kier alpha value is -6.64. The smallest absolute Gasteiger partial charge is 0.160 e. The van der Waals surface area contributed by atoms with E-state index in [0.717, 1.165) is 33.9 Å². The van der Waals surface area contributed by atoms with Crippen LogP contribution in [-0.2, 0) is 10.8 Å². The SMILES string of the molecule is CC1(C)c2ccccc2C2(c3ccccc3-c3c(-c4cc(-c5ccc6c(ccc7ccccc76)c5)nc(-c5ccccc5)n4)cccc32)c2ccccc21. The molecule has 0 amide bonds. The minimum Gasteiger partial charge on any atom is -0.228 e. The van der Waals surface area contributed by atoms with Crippen LogP contribution in [0.25, 0.3) is 66.6 Å². The number of aromatic nitrogens is 2. The Morgan fingerprint density at radius 2 is 0.944 bits per heavy atom. The summed E-state index contributed by atoms with van der Waals surface area (Å²) in [5, 5.41) is 4.95. The minimum atomic E-state index is -0.468. The molecule has 0 N–H and O–H groups in total. The van der Waals surface area contributed by atoms with Crippen LogP contribution in [0, 0.1) is 0 Å². The van der Waals surface area contributed by atoms with Crippen molar-refractivity contribution in [3.8, 4) is 45.0 Å². The van der Waals surface area contributed by atoms with Gasteiger partial charge in [0.2, 0.25) is 0 Å². The first kappa shape index (κ1) is 30.9. The zero-order valence-electron chi connectivity index (χ0n) is 30.2. The van der Waals surface area contributed by atoms with Gasteiger partial charge in [0.15, 0.2) is 5.82 Å². The molecule has 2 nitrogen and oxygen atoms in total. The maximum atomic E-state index is 5.39. The molecule has 11 rings (SSSR count). The van der Waals surface area contributed by atoms with Crippen LogP contribution in [0.15, 0.2) is 182 Å². The van der Waals surface area contributed by atoms with Gasteiger partial charge >= 0.3 is 0 Å². The van der Waals surface area contributed by atoms with Crippen molar-refractivity contribution >= 4 is 21.5 Å². The van der Waals surface area contributed by atoms with Gasteiger partial charge in [-0.3, -0.25) is 0 Å². The van der Waals surface area contributed by atoms with Gasteiger partial charge in [0.05, 0.1) is 16.8 Å². The first-order chi connectivity index (χ1) is 26.5. The molecular weight excluding hydrogens is 653 g/mol. The fourth-order valence-corrected chi connectivity index (χ4v) is 9.74. The lowest BCUT2D eigenvalue weighted by Gasteiger charge is -2.46.